The number of carbonyl (C=O) groups excluding carboxylic acids is 1. The first-order valence-electron chi connectivity index (χ1n) is 7.47. The van der Waals surface area contributed by atoms with E-state index in [-0.39, 0.29) is 5.56 Å². The van der Waals surface area contributed by atoms with E-state index in [9.17, 15) is 35.5 Å². The van der Waals surface area contributed by atoms with Gasteiger partial charge in [0.05, 0.1) is 16.8 Å². The average Bonchev–Trinajstić information content (AvgIpc) is 2.60. The first-order valence-corrected chi connectivity index (χ1v) is 8.27. The minimum Gasteiger partial charge on any atom is -0.485 e. The van der Waals surface area contributed by atoms with Crippen molar-refractivity contribution in [2.24, 2.45) is 0 Å². The summed E-state index contributed by atoms with van der Waals surface area (Å²) in [7, 11) is 0. The van der Waals surface area contributed by atoms with Crippen molar-refractivity contribution < 1.29 is 40.3 Å². The third-order valence-corrected chi connectivity index (χ3v) is 4.10. The second-order valence-corrected chi connectivity index (χ2v) is 6.35. The van der Waals surface area contributed by atoms with Crippen LogP contribution in [0.15, 0.2) is 46.9 Å². The molecule has 0 aromatic heterocycles. The minimum absolute atomic E-state index is 0.0452. The van der Waals surface area contributed by atoms with Crippen LogP contribution in [0.3, 0.4) is 0 Å². The molecule has 0 aliphatic heterocycles. The monoisotopic (exact) mass is 473 g/mol. The quantitative estimate of drug-likeness (QED) is 0.522. The highest BCUT2D eigenvalue weighted by atomic mass is 79.9. The van der Waals surface area contributed by atoms with Gasteiger partial charge in [-0.15, -0.1) is 0 Å². The molecule has 0 aliphatic rings. The molecule has 2 rings (SSSR count). The molecule has 0 spiro atoms. The zero-order valence-electron chi connectivity index (χ0n) is 13.7. The Morgan fingerprint density at radius 1 is 1.07 bits per heavy atom. The van der Waals surface area contributed by atoms with E-state index < -0.39 is 48.0 Å². The molecule has 2 aromatic carbocycles. The standard InChI is InChI=1S/C17H11BrF7NO2/c18-11-4-2-1-3-10(11)14(27)26-12-7-9(17(23,24)25)5-6-13(12)28-8-16(21,22)15(19)20/h1-7,15H,8H2,(H,26,27). The van der Waals surface area contributed by atoms with Gasteiger partial charge in [-0.3, -0.25) is 4.79 Å². The maximum Gasteiger partial charge on any atom is 0.416 e. The lowest BCUT2D eigenvalue weighted by molar-refractivity contribution is -0.148. The van der Waals surface area contributed by atoms with Gasteiger partial charge in [-0.25, -0.2) is 8.78 Å². The van der Waals surface area contributed by atoms with Crippen molar-refractivity contribution >= 4 is 27.5 Å². The third kappa shape index (κ3) is 5.37. The Morgan fingerprint density at radius 2 is 1.71 bits per heavy atom. The molecule has 0 atom stereocenters. The van der Waals surface area contributed by atoms with E-state index in [1.807, 2.05) is 0 Å². The van der Waals surface area contributed by atoms with Gasteiger partial charge in [0.25, 0.3) is 5.91 Å². The first-order chi connectivity index (χ1) is 12.9. The first kappa shape index (κ1) is 22.0. The Morgan fingerprint density at radius 3 is 2.29 bits per heavy atom. The van der Waals surface area contributed by atoms with E-state index in [0.717, 1.165) is 0 Å². The van der Waals surface area contributed by atoms with Crippen LogP contribution in [0.5, 0.6) is 5.75 Å². The van der Waals surface area contributed by atoms with Gasteiger partial charge < -0.3 is 10.1 Å². The van der Waals surface area contributed by atoms with Crippen LogP contribution in [0, 0.1) is 0 Å². The van der Waals surface area contributed by atoms with Crippen LogP contribution in [0.25, 0.3) is 0 Å². The van der Waals surface area contributed by atoms with E-state index in [1.165, 1.54) is 18.2 Å². The summed E-state index contributed by atoms with van der Waals surface area (Å²) in [6, 6.07) is 7.59. The van der Waals surface area contributed by atoms with Crippen LogP contribution >= 0.6 is 15.9 Å². The minimum atomic E-state index is -4.79. The number of rotatable bonds is 6. The highest BCUT2D eigenvalue weighted by molar-refractivity contribution is 9.10. The number of alkyl halides is 7. The predicted octanol–water partition coefficient (Wildman–Crippen LogP) is 6.00. The van der Waals surface area contributed by atoms with Gasteiger partial charge in [0.15, 0.2) is 6.61 Å². The SMILES string of the molecule is O=C(Nc1cc(C(F)(F)F)ccc1OCC(F)(F)C(F)F)c1ccccc1Br. The normalized spacial score (nSPS) is 12.2. The Labute approximate surface area is 162 Å². The summed E-state index contributed by atoms with van der Waals surface area (Å²) < 4.78 is 94.3. The van der Waals surface area contributed by atoms with E-state index in [2.05, 4.69) is 26.0 Å². The molecular weight excluding hydrogens is 463 g/mol. The molecule has 0 heterocycles. The summed E-state index contributed by atoms with van der Waals surface area (Å²) in [5.74, 6) is -6.00. The zero-order chi connectivity index (χ0) is 21.1. The van der Waals surface area contributed by atoms with Gasteiger partial charge in [-0.05, 0) is 46.3 Å². The van der Waals surface area contributed by atoms with Crippen molar-refractivity contribution in [1.82, 2.24) is 0 Å². The molecule has 2 aromatic rings. The summed E-state index contributed by atoms with van der Waals surface area (Å²) >= 11 is 3.09. The molecule has 152 valence electrons. The van der Waals surface area contributed by atoms with Crippen LogP contribution in [0.4, 0.5) is 36.4 Å². The highest BCUT2D eigenvalue weighted by Crippen LogP contribution is 2.36. The molecule has 0 fully saturated rings. The van der Waals surface area contributed by atoms with Gasteiger partial charge in [-0.1, -0.05) is 12.1 Å². The van der Waals surface area contributed by atoms with Crippen LogP contribution in [-0.4, -0.2) is 24.9 Å². The van der Waals surface area contributed by atoms with E-state index >= 15 is 0 Å². The molecular formula is C17H11BrF7NO2. The highest BCUT2D eigenvalue weighted by Gasteiger charge is 2.42. The molecule has 0 radical (unpaired) electrons. The Hall–Kier alpha value is -2.30. The van der Waals surface area contributed by atoms with Crippen molar-refractivity contribution in [3.8, 4) is 5.75 Å². The maximum absolute atomic E-state index is 13.1. The lowest BCUT2D eigenvalue weighted by atomic mass is 10.1. The number of hydrogen-bond donors (Lipinski definition) is 1. The Bertz CT molecular complexity index is 856. The van der Waals surface area contributed by atoms with Gasteiger partial charge in [0, 0.05) is 4.47 Å². The topological polar surface area (TPSA) is 38.3 Å². The number of nitrogens with one attached hydrogen (secondary N) is 1. The molecule has 0 aliphatic carbocycles. The van der Waals surface area contributed by atoms with Crippen LogP contribution in [-0.2, 0) is 6.18 Å². The zero-order valence-corrected chi connectivity index (χ0v) is 15.3. The van der Waals surface area contributed by atoms with E-state index in [1.54, 1.807) is 6.07 Å². The average molecular weight is 474 g/mol. The van der Waals surface area contributed by atoms with Crippen molar-refractivity contribution in [2.75, 3.05) is 11.9 Å². The number of benzene rings is 2. The lowest BCUT2D eigenvalue weighted by Crippen LogP contribution is -2.34. The molecule has 28 heavy (non-hydrogen) atoms. The second-order valence-electron chi connectivity index (χ2n) is 5.49. The second kappa shape index (κ2) is 8.38. The molecule has 1 amide bonds. The Kier molecular flexibility index (Phi) is 6.58. The molecule has 1 N–H and O–H groups in total. The lowest BCUT2D eigenvalue weighted by Gasteiger charge is -2.19. The van der Waals surface area contributed by atoms with Gasteiger partial charge in [0.1, 0.15) is 5.75 Å². The summed E-state index contributed by atoms with van der Waals surface area (Å²) in [4.78, 5) is 12.3. The summed E-state index contributed by atoms with van der Waals surface area (Å²) in [6.45, 7) is -1.78. The number of anilines is 1. The molecule has 3 nitrogen and oxygen atoms in total. The van der Waals surface area contributed by atoms with Crippen LogP contribution < -0.4 is 10.1 Å². The van der Waals surface area contributed by atoms with Crippen molar-refractivity contribution in [2.45, 2.75) is 18.5 Å². The summed E-state index contributed by atoms with van der Waals surface area (Å²) in [5, 5.41) is 2.12. The van der Waals surface area contributed by atoms with E-state index in [4.69, 9.17) is 0 Å². The number of carbonyl (C=O) groups is 1. The third-order valence-electron chi connectivity index (χ3n) is 3.41. The van der Waals surface area contributed by atoms with Crippen molar-refractivity contribution in [1.29, 1.82) is 0 Å². The smallest absolute Gasteiger partial charge is 0.416 e. The summed E-state index contributed by atoms with van der Waals surface area (Å²) in [6.07, 6.45) is -8.82. The number of amides is 1. The number of halogens is 8. The largest absolute Gasteiger partial charge is 0.485 e. The molecule has 11 heteroatoms. The molecule has 0 saturated heterocycles. The predicted molar refractivity (Wildman–Crippen MR) is 90.0 cm³/mol. The fourth-order valence-electron chi connectivity index (χ4n) is 2.00. The van der Waals surface area contributed by atoms with Crippen molar-refractivity contribution in [3.63, 3.8) is 0 Å². The molecule has 0 bridgehead atoms. The molecule has 0 saturated carbocycles. The molecule has 0 unspecified atom stereocenters. The summed E-state index contributed by atoms with van der Waals surface area (Å²) in [5.41, 5.74) is -1.74. The Balaban J connectivity index is 2.35. The maximum atomic E-state index is 13.1. The fourth-order valence-corrected chi connectivity index (χ4v) is 2.47. The van der Waals surface area contributed by atoms with Gasteiger partial charge in [-0.2, -0.15) is 22.0 Å². The van der Waals surface area contributed by atoms with E-state index in [0.29, 0.717) is 22.7 Å². The number of hydrogen-bond acceptors (Lipinski definition) is 2. The number of ether oxygens (including phenoxy) is 1. The van der Waals surface area contributed by atoms with Gasteiger partial charge in [0.2, 0.25) is 0 Å². The van der Waals surface area contributed by atoms with Crippen molar-refractivity contribution in [3.05, 3.63) is 58.1 Å². The fraction of sp³-hybridized carbons (Fsp3) is 0.235. The van der Waals surface area contributed by atoms with Crippen LogP contribution in [0.1, 0.15) is 15.9 Å². The van der Waals surface area contributed by atoms with Crippen LogP contribution in [0.2, 0.25) is 0 Å². The van der Waals surface area contributed by atoms with Gasteiger partial charge >= 0.3 is 18.5 Å².